The molecule has 7 heteroatoms. The highest BCUT2D eigenvalue weighted by atomic mass is 16.5. The predicted octanol–water partition coefficient (Wildman–Crippen LogP) is 4.15. The summed E-state index contributed by atoms with van der Waals surface area (Å²) in [7, 11) is 1.88. The van der Waals surface area contributed by atoms with E-state index in [0.29, 0.717) is 18.6 Å². The van der Waals surface area contributed by atoms with Crippen molar-refractivity contribution in [2.75, 3.05) is 38.3 Å². The minimum Gasteiger partial charge on any atom is -0.379 e. The highest BCUT2D eigenvalue weighted by molar-refractivity contribution is 5.99. The number of amides is 1. The number of fused-ring (bicyclic) bond motifs is 2. The van der Waals surface area contributed by atoms with Crippen molar-refractivity contribution in [2.45, 2.75) is 52.5 Å². The molecule has 0 bridgehead atoms. The van der Waals surface area contributed by atoms with Crippen LogP contribution in [0.1, 0.15) is 44.9 Å². The van der Waals surface area contributed by atoms with E-state index in [1.54, 1.807) is 4.90 Å². The van der Waals surface area contributed by atoms with Crippen LogP contribution in [0.4, 0.5) is 5.69 Å². The molecule has 1 aromatic carbocycles. The van der Waals surface area contributed by atoms with Crippen LogP contribution in [0.2, 0.25) is 0 Å². The molecule has 2 N–H and O–H groups in total. The fraction of sp³-hybridized carbons (Fsp3) is 0.538. The van der Waals surface area contributed by atoms with Gasteiger partial charge in [-0.2, -0.15) is 5.10 Å². The maximum atomic E-state index is 13.3. The molecule has 0 radical (unpaired) electrons. The van der Waals surface area contributed by atoms with E-state index >= 15 is 0 Å². The van der Waals surface area contributed by atoms with Crippen molar-refractivity contribution in [3.63, 3.8) is 0 Å². The van der Waals surface area contributed by atoms with Crippen molar-refractivity contribution in [1.82, 2.24) is 20.1 Å². The van der Waals surface area contributed by atoms with Crippen LogP contribution >= 0.6 is 0 Å². The molecule has 2 aliphatic rings. The summed E-state index contributed by atoms with van der Waals surface area (Å²) >= 11 is 0. The zero-order chi connectivity index (χ0) is 23.2. The van der Waals surface area contributed by atoms with Crippen LogP contribution in [0.5, 0.6) is 0 Å². The van der Waals surface area contributed by atoms with Crippen LogP contribution in [0.3, 0.4) is 0 Å². The Bertz CT molecular complexity index is 1150. The lowest BCUT2D eigenvalue weighted by molar-refractivity contribution is -0.125. The summed E-state index contributed by atoms with van der Waals surface area (Å²) in [5.41, 5.74) is 6.91. The molecule has 3 heterocycles. The van der Waals surface area contributed by atoms with Gasteiger partial charge in [-0.05, 0) is 49.3 Å². The monoisotopic (exact) mass is 449 g/mol. The van der Waals surface area contributed by atoms with Crippen LogP contribution in [0, 0.1) is 5.41 Å². The molecule has 1 aliphatic heterocycles. The molecule has 2 aromatic heterocycles. The number of aromatic nitrogens is 3. The van der Waals surface area contributed by atoms with Gasteiger partial charge < -0.3 is 14.6 Å². The summed E-state index contributed by atoms with van der Waals surface area (Å²) in [5, 5.41) is 9.07. The van der Waals surface area contributed by atoms with Gasteiger partial charge in [0.25, 0.3) is 0 Å². The minimum atomic E-state index is -0.117. The molecule has 3 aromatic rings. The van der Waals surface area contributed by atoms with Gasteiger partial charge in [0.05, 0.1) is 24.9 Å². The number of anilines is 1. The molecule has 0 saturated carbocycles. The number of benzene rings is 1. The summed E-state index contributed by atoms with van der Waals surface area (Å²) in [6.07, 6.45) is 4.05. The first-order valence-electron chi connectivity index (χ1n) is 12.1. The van der Waals surface area contributed by atoms with Gasteiger partial charge in [0.1, 0.15) is 5.69 Å². The van der Waals surface area contributed by atoms with E-state index in [0.717, 1.165) is 60.3 Å². The van der Waals surface area contributed by atoms with E-state index in [1.165, 1.54) is 17.7 Å². The van der Waals surface area contributed by atoms with Crippen LogP contribution in [-0.4, -0.2) is 65.4 Å². The molecule has 33 heavy (non-hydrogen) atoms. The van der Waals surface area contributed by atoms with Gasteiger partial charge in [0, 0.05) is 48.0 Å². The zero-order valence-corrected chi connectivity index (χ0v) is 20.2. The van der Waals surface area contributed by atoms with Crippen molar-refractivity contribution >= 4 is 22.5 Å². The molecule has 1 aliphatic carbocycles. The second kappa shape index (κ2) is 8.61. The van der Waals surface area contributed by atoms with E-state index in [2.05, 4.69) is 59.1 Å². The number of carbonyl (C=O) groups is 1. The summed E-state index contributed by atoms with van der Waals surface area (Å²) in [5.74, 6) is 0.134. The van der Waals surface area contributed by atoms with Crippen molar-refractivity contribution in [3.8, 4) is 11.4 Å². The van der Waals surface area contributed by atoms with Gasteiger partial charge in [-0.3, -0.25) is 14.8 Å². The van der Waals surface area contributed by atoms with Crippen molar-refractivity contribution in [1.29, 1.82) is 0 Å². The van der Waals surface area contributed by atoms with Crippen LogP contribution < -0.4 is 4.90 Å². The highest BCUT2D eigenvalue weighted by Crippen LogP contribution is 2.38. The normalized spacial score (nSPS) is 19.4. The molecule has 7 nitrogen and oxygen atoms in total. The number of H-pyrrole nitrogens is 2. The smallest absolute Gasteiger partial charge is 0.244 e. The number of aromatic amines is 2. The SMILES string of the molecule is CCC(C(=O)N(C)c1ccc2cc(-c3n[nH]c4c3CCC(C)(C)C4)[nH]c2c1)N1CCOCC1. The Morgan fingerprint density at radius 2 is 2.06 bits per heavy atom. The van der Waals surface area contributed by atoms with Crippen LogP contribution in [-0.2, 0) is 22.4 Å². The van der Waals surface area contributed by atoms with Crippen molar-refractivity contribution < 1.29 is 9.53 Å². The Labute approximate surface area is 195 Å². The zero-order valence-electron chi connectivity index (χ0n) is 20.2. The lowest BCUT2D eigenvalue weighted by Gasteiger charge is -2.35. The largest absolute Gasteiger partial charge is 0.379 e. The molecule has 1 amide bonds. The van der Waals surface area contributed by atoms with E-state index in [1.807, 2.05) is 13.1 Å². The van der Waals surface area contributed by atoms with E-state index < -0.39 is 0 Å². The molecule has 1 fully saturated rings. The average Bonchev–Trinajstić information content (AvgIpc) is 3.41. The minimum absolute atomic E-state index is 0.117. The number of hydrogen-bond donors (Lipinski definition) is 2. The molecule has 5 rings (SSSR count). The van der Waals surface area contributed by atoms with E-state index in [4.69, 9.17) is 4.74 Å². The number of hydrogen-bond acceptors (Lipinski definition) is 4. The van der Waals surface area contributed by atoms with Crippen LogP contribution in [0.15, 0.2) is 24.3 Å². The van der Waals surface area contributed by atoms with Gasteiger partial charge in [0.2, 0.25) is 5.91 Å². The topological polar surface area (TPSA) is 77.2 Å². The third kappa shape index (κ3) is 4.20. The lowest BCUT2D eigenvalue weighted by atomic mass is 9.76. The molecular formula is C26H35N5O2. The molecule has 1 atom stereocenters. The Morgan fingerprint density at radius 3 is 2.82 bits per heavy atom. The van der Waals surface area contributed by atoms with Gasteiger partial charge >= 0.3 is 0 Å². The first-order chi connectivity index (χ1) is 15.9. The Kier molecular flexibility index (Phi) is 5.79. The molecule has 0 spiro atoms. The van der Waals surface area contributed by atoms with Gasteiger partial charge in [-0.1, -0.05) is 26.8 Å². The number of ether oxygens (including phenoxy) is 1. The maximum absolute atomic E-state index is 13.3. The highest BCUT2D eigenvalue weighted by Gasteiger charge is 2.30. The number of rotatable bonds is 5. The Morgan fingerprint density at radius 1 is 1.27 bits per heavy atom. The number of carbonyl (C=O) groups excluding carboxylic acids is 1. The number of nitrogens with one attached hydrogen (secondary N) is 2. The summed E-state index contributed by atoms with van der Waals surface area (Å²) in [6, 6.07) is 8.25. The third-order valence-corrected chi connectivity index (χ3v) is 7.40. The standard InChI is InChI=1S/C26H35N5O2/c1-5-23(31-10-12-33-13-11-31)25(32)30(4)18-7-6-17-14-21(27-20(17)15-18)24-19-8-9-26(2,3)16-22(19)28-29-24/h6-7,14-15,23,27H,5,8-13,16H2,1-4H3,(H,28,29). The predicted molar refractivity (Wildman–Crippen MR) is 132 cm³/mol. The second-order valence-electron chi connectivity index (χ2n) is 10.3. The first kappa shape index (κ1) is 22.2. The van der Waals surface area contributed by atoms with E-state index in [-0.39, 0.29) is 11.9 Å². The van der Waals surface area contributed by atoms with Gasteiger partial charge in [-0.15, -0.1) is 0 Å². The Hall–Kier alpha value is -2.64. The number of nitrogens with zero attached hydrogens (tertiary/aromatic N) is 3. The fourth-order valence-electron chi connectivity index (χ4n) is 5.35. The van der Waals surface area contributed by atoms with Gasteiger partial charge in [0.15, 0.2) is 0 Å². The van der Waals surface area contributed by atoms with Crippen molar-refractivity contribution in [3.05, 3.63) is 35.5 Å². The number of likely N-dealkylation sites (N-methyl/N-ethyl adjacent to an activating group) is 1. The summed E-state index contributed by atoms with van der Waals surface area (Å²) in [6.45, 7) is 9.72. The molecule has 1 saturated heterocycles. The number of morpholine rings is 1. The fourth-order valence-corrected chi connectivity index (χ4v) is 5.35. The van der Waals surface area contributed by atoms with E-state index in [9.17, 15) is 4.79 Å². The second-order valence-corrected chi connectivity index (χ2v) is 10.3. The molecular weight excluding hydrogens is 414 g/mol. The summed E-state index contributed by atoms with van der Waals surface area (Å²) < 4.78 is 5.47. The summed E-state index contributed by atoms with van der Waals surface area (Å²) in [4.78, 5) is 20.9. The maximum Gasteiger partial charge on any atom is 0.244 e. The van der Waals surface area contributed by atoms with Gasteiger partial charge in [-0.25, -0.2) is 0 Å². The average molecular weight is 450 g/mol. The van der Waals surface area contributed by atoms with Crippen molar-refractivity contribution in [2.24, 2.45) is 5.41 Å². The van der Waals surface area contributed by atoms with Crippen LogP contribution in [0.25, 0.3) is 22.3 Å². The Balaban J connectivity index is 1.40. The molecule has 1 unspecified atom stereocenters. The first-order valence-corrected chi connectivity index (χ1v) is 12.1. The quantitative estimate of drug-likeness (QED) is 0.614. The lowest BCUT2D eigenvalue weighted by Crippen LogP contribution is -2.51. The molecule has 176 valence electrons. The third-order valence-electron chi connectivity index (χ3n) is 7.40.